The van der Waals surface area contributed by atoms with E-state index in [1.165, 1.54) is 0 Å². The van der Waals surface area contributed by atoms with E-state index in [0.29, 0.717) is 24.5 Å². The third-order valence-electron chi connectivity index (χ3n) is 7.13. The van der Waals surface area contributed by atoms with Crippen LogP contribution in [0.15, 0.2) is 66.9 Å². The van der Waals surface area contributed by atoms with Gasteiger partial charge in [-0.05, 0) is 41.5 Å². The standard InChI is InChI=1S/C27H22N4O4/c32-24-14-30(13-17-5-3-4-10-28-17)27(33)21-12-19-18-6-1-2-7-20(18)29-25(19)26(31(21)24)16-8-9-22-23(11-16)35-15-34-22/h1-11,21,26,29H,12-15H2/t21-,26+/m1/s1. The molecule has 3 aliphatic rings. The van der Waals surface area contributed by atoms with E-state index < -0.39 is 12.1 Å². The Hall–Kier alpha value is -4.33. The summed E-state index contributed by atoms with van der Waals surface area (Å²) < 4.78 is 11.1. The zero-order valence-electron chi connectivity index (χ0n) is 18.8. The predicted molar refractivity (Wildman–Crippen MR) is 127 cm³/mol. The van der Waals surface area contributed by atoms with Crippen LogP contribution in [0, 0.1) is 0 Å². The molecule has 1 fully saturated rings. The lowest BCUT2D eigenvalue weighted by atomic mass is 9.86. The quantitative estimate of drug-likeness (QED) is 0.501. The van der Waals surface area contributed by atoms with Gasteiger partial charge in [0.15, 0.2) is 11.5 Å². The first kappa shape index (κ1) is 20.1. The second-order valence-electron chi connectivity index (χ2n) is 9.11. The minimum absolute atomic E-state index is 0.0164. The van der Waals surface area contributed by atoms with Crippen molar-refractivity contribution in [3.05, 3.63) is 89.4 Å². The number of aromatic amines is 1. The van der Waals surface area contributed by atoms with Crippen molar-refractivity contribution in [2.45, 2.75) is 25.0 Å². The van der Waals surface area contributed by atoms with E-state index in [4.69, 9.17) is 9.47 Å². The van der Waals surface area contributed by atoms with Crippen LogP contribution in [-0.2, 0) is 22.6 Å². The molecule has 0 radical (unpaired) electrons. The highest BCUT2D eigenvalue weighted by atomic mass is 16.7. The molecule has 1 N–H and O–H groups in total. The van der Waals surface area contributed by atoms with Gasteiger partial charge < -0.3 is 24.3 Å². The number of piperazine rings is 1. The molecule has 8 heteroatoms. The van der Waals surface area contributed by atoms with Gasteiger partial charge in [0.2, 0.25) is 18.6 Å². The number of nitrogens with one attached hydrogen (secondary N) is 1. The molecule has 0 bridgehead atoms. The van der Waals surface area contributed by atoms with E-state index in [0.717, 1.165) is 33.4 Å². The lowest BCUT2D eigenvalue weighted by molar-refractivity contribution is -0.159. The number of ether oxygens (including phenoxy) is 2. The fourth-order valence-electron chi connectivity index (χ4n) is 5.57. The van der Waals surface area contributed by atoms with Gasteiger partial charge in [-0.3, -0.25) is 14.6 Å². The summed E-state index contributed by atoms with van der Waals surface area (Å²) in [6.45, 7) is 0.501. The number of amides is 2. The van der Waals surface area contributed by atoms with Crippen molar-refractivity contribution in [1.82, 2.24) is 19.8 Å². The topological polar surface area (TPSA) is 87.8 Å². The first-order valence-corrected chi connectivity index (χ1v) is 11.7. The van der Waals surface area contributed by atoms with Crippen LogP contribution in [0.25, 0.3) is 10.9 Å². The van der Waals surface area contributed by atoms with E-state index in [9.17, 15) is 9.59 Å². The van der Waals surface area contributed by atoms with Crippen LogP contribution in [0.2, 0.25) is 0 Å². The van der Waals surface area contributed by atoms with Crippen LogP contribution in [0.1, 0.15) is 28.6 Å². The molecule has 7 rings (SSSR count). The molecule has 4 aromatic rings. The first-order chi connectivity index (χ1) is 17.2. The predicted octanol–water partition coefficient (Wildman–Crippen LogP) is 3.18. The van der Waals surface area contributed by atoms with Crippen molar-refractivity contribution in [1.29, 1.82) is 0 Å². The zero-order chi connectivity index (χ0) is 23.5. The van der Waals surface area contributed by atoms with E-state index >= 15 is 0 Å². The van der Waals surface area contributed by atoms with Crippen molar-refractivity contribution in [3.63, 3.8) is 0 Å². The number of carbonyl (C=O) groups is 2. The zero-order valence-corrected chi connectivity index (χ0v) is 18.8. The van der Waals surface area contributed by atoms with Crippen LogP contribution in [0.5, 0.6) is 11.5 Å². The number of rotatable bonds is 3. The van der Waals surface area contributed by atoms with Gasteiger partial charge in [-0.2, -0.15) is 0 Å². The second kappa shape index (κ2) is 7.59. The summed E-state index contributed by atoms with van der Waals surface area (Å²) in [6, 6.07) is 18.4. The largest absolute Gasteiger partial charge is 0.454 e. The molecule has 2 amide bonds. The van der Waals surface area contributed by atoms with E-state index in [1.807, 2.05) is 54.6 Å². The van der Waals surface area contributed by atoms with Gasteiger partial charge in [0.05, 0.1) is 18.3 Å². The maximum atomic E-state index is 13.8. The average molecular weight is 466 g/mol. The summed E-state index contributed by atoms with van der Waals surface area (Å²) in [5.74, 6) is 1.19. The number of carbonyl (C=O) groups excluding carboxylic acids is 2. The minimum Gasteiger partial charge on any atom is -0.454 e. The summed E-state index contributed by atoms with van der Waals surface area (Å²) in [4.78, 5) is 38.7. The Bertz CT molecular complexity index is 1480. The first-order valence-electron chi connectivity index (χ1n) is 11.7. The van der Waals surface area contributed by atoms with Crippen LogP contribution in [0.3, 0.4) is 0 Å². The van der Waals surface area contributed by atoms with Crippen molar-refractivity contribution >= 4 is 22.7 Å². The lowest BCUT2D eigenvalue weighted by Gasteiger charge is -2.47. The van der Waals surface area contributed by atoms with Gasteiger partial charge in [0.1, 0.15) is 12.6 Å². The lowest BCUT2D eigenvalue weighted by Crippen LogP contribution is -2.62. The Balaban J connectivity index is 1.35. The summed E-state index contributed by atoms with van der Waals surface area (Å²) in [5, 5.41) is 1.08. The summed E-state index contributed by atoms with van der Waals surface area (Å²) in [6.07, 6.45) is 2.16. The maximum Gasteiger partial charge on any atom is 0.246 e. The van der Waals surface area contributed by atoms with Gasteiger partial charge in [-0.25, -0.2) is 0 Å². The van der Waals surface area contributed by atoms with E-state index in [-0.39, 0.29) is 25.2 Å². The minimum atomic E-state index is -0.595. The van der Waals surface area contributed by atoms with Crippen LogP contribution >= 0.6 is 0 Å². The average Bonchev–Trinajstić information content (AvgIpc) is 3.50. The molecule has 0 aliphatic carbocycles. The number of pyridine rings is 1. The van der Waals surface area contributed by atoms with Gasteiger partial charge in [0.25, 0.3) is 0 Å². The number of benzene rings is 2. The number of hydrogen-bond donors (Lipinski definition) is 1. The summed E-state index contributed by atoms with van der Waals surface area (Å²) >= 11 is 0. The molecule has 1 saturated heterocycles. The number of fused-ring (bicyclic) bond motifs is 5. The van der Waals surface area contributed by atoms with Crippen molar-refractivity contribution in [2.75, 3.05) is 13.3 Å². The number of nitrogens with zero attached hydrogens (tertiary/aromatic N) is 3. The maximum absolute atomic E-state index is 13.8. The smallest absolute Gasteiger partial charge is 0.246 e. The summed E-state index contributed by atoms with van der Waals surface area (Å²) in [5.41, 5.74) is 4.66. The third-order valence-corrected chi connectivity index (χ3v) is 7.13. The molecular weight excluding hydrogens is 444 g/mol. The molecule has 0 unspecified atom stereocenters. The molecule has 0 saturated carbocycles. The van der Waals surface area contributed by atoms with Gasteiger partial charge in [-0.1, -0.05) is 30.3 Å². The van der Waals surface area contributed by atoms with Gasteiger partial charge >= 0.3 is 0 Å². The third kappa shape index (κ3) is 3.10. The highest BCUT2D eigenvalue weighted by Crippen LogP contribution is 2.45. The summed E-state index contributed by atoms with van der Waals surface area (Å²) in [7, 11) is 0. The number of hydrogen-bond acceptors (Lipinski definition) is 5. The van der Waals surface area contributed by atoms with Crippen LogP contribution in [0.4, 0.5) is 0 Å². The monoisotopic (exact) mass is 466 g/mol. The molecule has 0 spiro atoms. The molecule has 2 aromatic heterocycles. The molecule has 2 aromatic carbocycles. The Labute approximate surface area is 201 Å². The normalized spacial score (nSPS) is 20.8. The number of para-hydroxylation sites is 1. The number of aromatic nitrogens is 2. The highest BCUT2D eigenvalue weighted by molar-refractivity contribution is 5.97. The molecule has 174 valence electrons. The van der Waals surface area contributed by atoms with Crippen LogP contribution in [-0.4, -0.2) is 51.0 Å². The molecule has 35 heavy (non-hydrogen) atoms. The Morgan fingerprint density at radius 2 is 1.86 bits per heavy atom. The molecule has 2 atom stereocenters. The van der Waals surface area contributed by atoms with Crippen LogP contribution < -0.4 is 9.47 Å². The Morgan fingerprint density at radius 3 is 2.74 bits per heavy atom. The molecular formula is C27H22N4O4. The Morgan fingerprint density at radius 1 is 1.00 bits per heavy atom. The molecule has 8 nitrogen and oxygen atoms in total. The van der Waals surface area contributed by atoms with Gasteiger partial charge in [0, 0.05) is 29.2 Å². The van der Waals surface area contributed by atoms with E-state index in [2.05, 4.69) is 16.0 Å². The molecule has 3 aliphatic heterocycles. The van der Waals surface area contributed by atoms with Gasteiger partial charge in [-0.15, -0.1) is 0 Å². The van der Waals surface area contributed by atoms with E-state index in [1.54, 1.807) is 16.0 Å². The molecule has 5 heterocycles. The SMILES string of the molecule is O=C1[C@H]2Cc3c([nH]c4ccccc34)[C@H](c3ccc4c(c3)OCO4)N2C(=O)CN1Cc1ccccn1. The van der Waals surface area contributed by atoms with Crippen molar-refractivity contribution in [2.24, 2.45) is 0 Å². The fraction of sp³-hybridized carbons (Fsp3) is 0.222. The van der Waals surface area contributed by atoms with Crippen molar-refractivity contribution < 1.29 is 19.1 Å². The second-order valence-corrected chi connectivity index (χ2v) is 9.11. The van der Waals surface area contributed by atoms with Crippen molar-refractivity contribution in [3.8, 4) is 11.5 Å². The Kier molecular flexibility index (Phi) is 4.36. The highest BCUT2D eigenvalue weighted by Gasteiger charge is 2.48. The fourth-order valence-corrected chi connectivity index (χ4v) is 5.57. The number of H-pyrrole nitrogens is 1.